The minimum absolute atomic E-state index is 0.0794. The summed E-state index contributed by atoms with van der Waals surface area (Å²) in [5.74, 6) is 0.428. The van der Waals surface area contributed by atoms with Crippen molar-refractivity contribution in [3.8, 4) is 17.2 Å². The quantitative estimate of drug-likeness (QED) is 0.284. The third-order valence-electron chi connectivity index (χ3n) is 5.63. The topological polar surface area (TPSA) is 131 Å². The van der Waals surface area contributed by atoms with Crippen LogP contribution >= 0.6 is 23.2 Å². The van der Waals surface area contributed by atoms with E-state index in [1.54, 1.807) is 26.8 Å². The zero-order valence-corrected chi connectivity index (χ0v) is 22.2. The Bertz CT molecular complexity index is 1620. The number of ether oxygens (including phenoxy) is 1. The van der Waals surface area contributed by atoms with Crippen LogP contribution in [0.1, 0.15) is 46.1 Å². The van der Waals surface area contributed by atoms with Gasteiger partial charge in [-0.3, -0.25) is 14.7 Å². The van der Waals surface area contributed by atoms with Crippen molar-refractivity contribution >= 4 is 46.0 Å². The second kappa shape index (κ2) is 9.60. The molecule has 0 saturated carbocycles. The maximum atomic E-state index is 13.2. The molecule has 4 rings (SSSR count). The van der Waals surface area contributed by atoms with Crippen LogP contribution in [0.3, 0.4) is 0 Å². The van der Waals surface area contributed by atoms with Crippen molar-refractivity contribution in [2.75, 3.05) is 5.32 Å². The molecular formula is C25H25Cl2N5O5. The van der Waals surface area contributed by atoms with Gasteiger partial charge in [0.1, 0.15) is 5.75 Å². The first-order chi connectivity index (χ1) is 17.3. The van der Waals surface area contributed by atoms with E-state index in [1.807, 2.05) is 23.6 Å². The Morgan fingerprint density at radius 2 is 1.78 bits per heavy atom. The van der Waals surface area contributed by atoms with E-state index in [9.17, 15) is 14.4 Å². The molecule has 194 valence electrons. The van der Waals surface area contributed by atoms with Crippen LogP contribution in [0.4, 0.5) is 10.6 Å². The number of carbonyl (C=O) groups is 1. The van der Waals surface area contributed by atoms with Crippen LogP contribution in [0, 0.1) is 0 Å². The number of nitrogens with one attached hydrogen (secondary N) is 2. The molecule has 2 heterocycles. The van der Waals surface area contributed by atoms with Gasteiger partial charge in [0, 0.05) is 22.6 Å². The third kappa shape index (κ3) is 5.07. The first-order valence-electron chi connectivity index (χ1n) is 11.3. The summed E-state index contributed by atoms with van der Waals surface area (Å²) in [5, 5.41) is 16.2. The molecule has 0 aliphatic rings. The molecule has 0 aliphatic carbocycles. The number of hydrogen-bond acceptors (Lipinski definition) is 5. The number of benzene rings is 2. The third-order valence-corrected chi connectivity index (χ3v) is 6.19. The normalized spacial score (nSPS) is 11.8. The lowest BCUT2D eigenvalue weighted by atomic mass is 10.0. The van der Waals surface area contributed by atoms with Crippen LogP contribution in [0.5, 0.6) is 11.5 Å². The average Bonchev–Trinajstić information content (AvgIpc) is 3.20. The fourth-order valence-corrected chi connectivity index (χ4v) is 4.51. The number of anilines is 1. The number of hydrogen-bond donors (Lipinski definition) is 3. The largest absolute Gasteiger partial charge is 0.465 e. The fourth-order valence-electron chi connectivity index (χ4n) is 3.96. The van der Waals surface area contributed by atoms with Crippen molar-refractivity contribution in [2.45, 2.75) is 46.1 Å². The predicted molar refractivity (Wildman–Crippen MR) is 143 cm³/mol. The maximum Gasteiger partial charge on any atom is 0.410 e. The number of aromatic amines is 1. The van der Waals surface area contributed by atoms with Gasteiger partial charge >= 0.3 is 11.8 Å². The molecule has 0 aliphatic heterocycles. The lowest BCUT2D eigenvalue weighted by Crippen LogP contribution is -2.49. The predicted octanol–water partition coefficient (Wildman–Crippen LogP) is 5.94. The van der Waals surface area contributed by atoms with Crippen molar-refractivity contribution in [2.24, 2.45) is 0 Å². The summed E-state index contributed by atoms with van der Waals surface area (Å²) in [6, 6.07) is 8.35. The Morgan fingerprint density at radius 1 is 1.14 bits per heavy atom. The first-order valence-corrected chi connectivity index (χ1v) is 12.1. The van der Waals surface area contributed by atoms with Crippen molar-refractivity contribution in [3.63, 3.8) is 0 Å². The van der Waals surface area contributed by atoms with E-state index in [-0.39, 0.29) is 21.5 Å². The number of halogens is 2. The minimum atomic E-state index is -1.50. The van der Waals surface area contributed by atoms with Gasteiger partial charge in [0.25, 0.3) is 5.56 Å². The molecule has 37 heavy (non-hydrogen) atoms. The summed E-state index contributed by atoms with van der Waals surface area (Å²) in [6.45, 7) is 9.09. The highest BCUT2D eigenvalue weighted by Gasteiger charge is 2.25. The molecule has 2 aromatic heterocycles. The monoisotopic (exact) mass is 545 g/mol. The van der Waals surface area contributed by atoms with Gasteiger partial charge in [-0.25, -0.2) is 9.59 Å². The first kappa shape index (κ1) is 26.3. The number of fused-ring (bicyclic) bond motifs is 1. The van der Waals surface area contributed by atoms with Crippen molar-refractivity contribution in [3.05, 3.63) is 73.0 Å². The van der Waals surface area contributed by atoms with E-state index < -0.39 is 28.7 Å². The van der Waals surface area contributed by atoms with Gasteiger partial charge in [0.15, 0.2) is 5.75 Å². The molecule has 0 fully saturated rings. The van der Waals surface area contributed by atoms with Gasteiger partial charge in [-0.2, -0.15) is 4.68 Å². The Morgan fingerprint density at radius 3 is 2.35 bits per heavy atom. The van der Waals surface area contributed by atoms with E-state index in [0.29, 0.717) is 11.7 Å². The smallest absolute Gasteiger partial charge is 0.410 e. The highest BCUT2D eigenvalue weighted by molar-refractivity contribution is 6.37. The average molecular weight is 546 g/mol. The van der Waals surface area contributed by atoms with Crippen molar-refractivity contribution in [1.29, 1.82) is 0 Å². The van der Waals surface area contributed by atoms with Crippen LogP contribution in [-0.4, -0.2) is 30.5 Å². The molecule has 0 saturated heterocycles. The number of carboxylic acid groups (broad SMARTS) is 1. The Kier molecular flexibility index (Phi) is 6.83. The highest BCUT2D eigenvalue weighted by Crippen LogP contribution is 2.39. The highest BCUT2D eigenvalue weighted by atomic mass is 35.5. The van der Waals surface area contributed by atoms with Crippen LogP contribution in [0.15, 0.2) is 46.1 Å². The molecule has 0 bridgehead atoms. The van der Waals surface area contributed by atoms with Crippen LogP contribution in [0.25, 0.3) is 16.6 Å². The van der Waals surface area contributed by atoms with E-state index in [0.717, 1.165) is 25.7 Å². The summed E-state index contributed by atoms with van der Waals surface area (Å²) in [6.07, 6.45) is 0.457. The number of rotatable bonds is 5. The van der Waals surface area contributed by atoms with Gasteiger partial charge in [0.2, 0.25) is 5.82 Å². The van der Waals surface area contributed by atoms with E-state index in [2.05, 4.69) is 23.9 Å². The second-order valence-electron chi connectivity index (χ2n) is 9.73. The number of aromatic nitrogens is 4. The summed E-state index contributed by atoms with van der Waals surface area (Å²) in [7, 11) is 0. The van der Waals surface area contributed by atoms with Crippen molar-refractivity contribution in [1.82, 2.24) is 19.3 Å². The van der Waals surface area contributed by atoms with Crippen LogP contribution in [-0.2, 0) is 5.54 Å². The summed E-state index contributed by atoms with van der Waals surface area (Å²) in [4.78, 5) is 40.5. The van der Waals surface area contributed by atoms with Crippen molar-refractivity contribution < 1.29 is 14.6 Å². The Balaban J connectivity index is 1.81. The van der Waals surface area contributed by atoms with Crippen LogP contribution < -0.4 is 21.3 Å². The number of amides is 1. The lowest BCUT2D eigenvalue weighted by Gasteiger charge is -2.23. The van der Waals surface area contributed by atoms with E-state index >= 15 is 0 Å². The number of nitrogens with zero attached hydrogens (tertiary/aromatic N) is 3. The summed E-state index contributed by atoms with van der Waals surface area (Å²) < 4.78 is 7.78. The molecular weight excluding hydrogens is 521 g/mol. The molecule has 12 heteroatoms. The van der Waals surface area contributed by atoms with E-state index in [1.165, 1.54) is 12.1 Å². The second-order valence-corrected chi connectivity index (χ2v) is 10.5. The zero-order chi connectivity index (χ0) is 27.2. The van der Waals surface area contributed by atoms with Gasteiger partial charge in [0.05, 0.1) is 15.7 Å². The van der Waals surface area contributed by atoms with E-state index in [4.69, 9.17) is 33.0 Å². The lowest BCUT2D eigenvalue weighted by molar-refractivity contribution is 0.209. The Hall–Kier alpha value is -3.76. The standard InChI is InChI=1S/C25H25Cl2N5O5/c1-12(2)16-11-28-19-7-6-14(10-15(16)19)37-20-17(26)8-13(9-18(20)27)32-24(36)31(25(3,4)5)22(33)21(30-32)29-23(34)35/h6-12,28H,1-5H3,(H,29,30)(H,34,35). The van der Waals surface area contributed by atoms with Gasteiger partial charge in [-0.05, 0) is 62.6 Å². The van der Waals surface area contributed by atoms with Crippen LogP contribution in [0.2, 0.25) is 10.0 Å². The van der Waals surface area contributed by atoms with Gasteiger partial charge < -0.3 is 14.8 Å². The molecule has 0 radical (unpaired) electrons. The molecule has 0 unspecified atom stereocenters. The number of H-pyrrole nitrogens is 1. The van der Waals surface area contributed by atoms with Gasteiger partial charge in [-0.15, -0.1) is 5.10 Å². The Labute approximate surface area is 221 Å². The summed E-state index contributed by atoms with van der Waals surface area (Å²) in [5.41, 5.74) is -0.438. The molecule has 2 aromatic carbocycles. The summed E-state index contributed by atoms with van der Waals surface area (Å²) >= 11 is 13.0. The SMILES string of the molecule is CC(C)c1c[nH]c2ccc(Oc3c(Cl)cc(-n4nc(NC(=O)O)c(=O)n(C(C)(C)C)c4=O)cc3Cl)cc12. The molecule has 4 aromatic rings. The minimum Gasteiger partial charge on any atom is -0.465 e. The molecule has 0 atom stereocenters. The molecule has 10 nitrogen and oxygen atoms in total. The zero-order valence-electron chi connectivity index (χ0n) is 20.7. The molecule has 0 spiro atoms. The fraction of sp³-hybridized carbons (Fsp3) is 0.280. The molecule has 1 amide bonds. The maximum absolute atomic E-state index is 13.2. The molecule has 3 N–H and O–H groups in total. The van der Waals surface area contributed by atoms with Gasteiger partial charge in [-0.1, -0.05) is 37.0 Å².